The average molecular weight is 258 g/mol. The Bertz CT molecular complexity index is 347. The van der Waals surface area contributed by atoms with Gasteiger partial charge in [-0.15, -0.1) is 11.6 Å². The summed E-state index contributed by atoms with van der Waals surface area (Å²) in [5, 5.41) is 0. The number of hydrogen-bond acceptors (Lipinski definition) is 4. The molecule has 0 aliphatic heterocycles. The molecule has 0 atom stereocenters. The lowest BCUT2D eigenvalue weighted by atomic mass is 10.2. The quantitative estimate of drug-likeness (QED) is 0.556. The van der Waals surface area contributed by atoms with Gasteiger partial charge in [-0.3, -0.25) is 0 Å². The van der Waals surface area contributed by atoms with Gasteiger partial charge in [-0.1, -0.05) is 6.42 Å². The van der Waals surface area contributed by atoms with Gasteiger partial charge in [0.15, 0.2) is 0 Å². The fraction of sp³-hybridized carbons (Fsp3) is 0.667. The molecule has 0 fully saturated rings. The van der Waals surface area contributed by atoms with Crippen LogP contribution >= 0.6 is 11.6 Å². The Kier molecular flexibility index (Phi) is 6.05. The van der Waals surface area contributed by atoms with Gasteiger partial charge in [0.25, 0.3) is 0 Å². The fourth-order valence-electron chi connectivity index (χ4n) is 1.74. The van der Waals surface area contributed by atoms with Crippen molar-refractivity contribution in [3.8, 4) is 5.88 Å². The first-order valence-corrected chi connectivity index (χ1v) is 6.36. The van der Waals surface area contributed by atoms with Gasteiger partial charge in [-0.25, -0.2) is 9.97 Å². The lowest BCUT2D eigenvalue weighted by Crippen LogP contribution is -2.21. The van der Waals surface area contributed by atoms with Crippen LogP contribution in [0, 0.1) is 6.92 Å². The molecule has 5 heteroatoms. The lowest BCUT2D eigenvalue weighted by molar-refractivity contribution is 0.393. The molecule has 0 aliphatic rings. The van der Waals surface area contributed by atoms with Gasteiger partial charge >= 0.3 is 0 Å². The topological polar surface area (TPSA) is 38.3 Å². The molecular formula is C12H20ClN3O. The third-order valence-electron chi connectivity index (χ3n) is 2.69. The number of aromatic nitrogens is 2. The van der Waals surface area contributed by atoms with E-state index in [1.165, 1.54) is 6.33 Å². The first-order chi connectivity index (χ1) is 8.20. The second-order valence-corrected chi connectivity index (χ2v) is 4.38. The van der Waals surface area contributed by atoms with Crippen molar-refractivity contribution in [3.63, 3.8) is 0 Å². The summed E-state index contributed by atoms with van der Waals surface area (Å²) in [6.07, 6.45) is 4.88. The smallest absolute Gasteiger partial charge is 0.221 e. The highest BCUT2D eigenvalue weighted by atomic mass is 35.5. The first kappa shape index (κ1) is 14.0. The molecule has 0 bridgehead atoms. The lowest BCUT2D eigenvalue weighted by Gasteiger charge is -2.20. The van der Waals surface area contributed by atoms with E-state index in [-0.39, 0.29) is 0 Å². The maximum Gasteiger partial charge on any atom is 0.221 e. The second kappa shape index (κ2) is 7.33. The van der Waals surface area contributed by atoms with Crippen molar-refractivity contribution in [3.05, 3.63) is 11.9 Å². The van der Waals surface area contributed by atoms with Crippen LogP contribution < -0.4 is 9.64 Å². The third-order valence-corrected chi connectivity index (χ3v) is 2.96. The average Bonchev–Trinajstić information content (AvgIpc) is 2.34. The largest absolute Gasteiger partial charge is 0.481 e. The van der Waals surface area contributed by atoms with Crippen molar-refractivity contribution < 1.29 is 4.74 Å². The van der Waals surface area contributed by atoms with Crippen LogP contribution in [0.4, 0.5) is 5.82 Å². The van der Waals surface area contributed by atoms with E-state index < -0.39 is 0 Å². The number of nitrogens with zero attached hydrogens (tertiary/aromatic N) is 3. The molecule has 0 spiro atoms. The Hall–Kier alpha value is -1.03. The summed E-state index contributed by atoms with van der Waals surface area (Å²) in [5.41, 5.74) is 0.981. The van der Waals surface area contributed by atoms with Crippen LogP contribution in [0.3, 0.4) is 0 Å². The summed E-state index contributed by atoms with van der Waals surface area (Å²) < 4.78 is 5.18. The highest BCUT2D eigenvalue weighted by Gasteiger charge is 2.10. The van der Waals surface area contributed by atoms with Crippen molar-refractivity contribution in [2.24, 2.45) is 0 Å². The van der Waals surface area contributed by atoms with Crippen molar-refractivity contribution in [2.45, 2.75) is 26.2 Å². The number of ether oxygens (including phenoxy) is 1. The number of anilines is 1. The zero-order valence-electron chi connectivity index (χ0n) is 10.7. The van der Waals surface area contributed by atoms with Crippen LogP contribution in [-0.2, 0) is 0 Å². The number of halogens is 1. The molecule has 1 aromatic heterocycles. The minimum absolute atomic E-state index is 0.641. The molecule has 0 aliphatic carbocycles. The summed E-state index contributed by atoms with van der Waals surface area (Å²) >= 11 is 5.65. The molecular weight excluding hydrogens is 238 g/mol. The van der Waals surface area contributed by atoms with Crippen LogP contribution in [-0.4, -0.2) is 36.6 Å². The molecule has 0 amide bonds. The van der Waals surface area contributed by atoms with Gasteiger partial charge in [0.1, 0.15) is 12.1 Å². The number of unbranched alkanes of at least 4 members (excludes halogenated alkanes) is 2. The minimum atomic E-state index is 0.641. The molecule has 1 aromatic rings. The molecule has 0 saturated carbocycles. The van der Waals surface area contributed by atoms with E-state index in [0.717, 1.165) is 43.1 Å². The Morgan fingerprint density at radius 1 is 1.29 bits per heavy atom. The van der Waals surface area contributed by atoms with E-state index in [1.807, 2.05) is 14.0 Å². The van der Waals surface area contributed by atoms with Crippen LogP contribution in [0.15, 0.2) is 6.33 Å². The first-order valence-electron chi connectivity index (χ1n) is 5.83. The maximum atomic E-state index is 5.65. The molecule has 0 N–H and O–H groups in total. The van der Waals surface area contributed by atoms with Crippen LogP contribution in [0.1, 0.15) is 24.8 Å². The van der Waals surface area contributed by atoms with Crippen molar-refractivity contribution in [1.82, 2.24) is 9.97 Å². The van der Waals surface area contributed by atoms with Gasteiger partial charge in [0.05, 0.1) is 12.7 Å². The predicted molar refractivity (Wildman–Crippen MR) is 71.2 cm³/mol. The number of alkyl halides is 1. The molecule has 0 aromatic carbocycles. The van der Waals surface area contributed by atoms with E-state index in [9.17, 15) is 0 Å². The maximum absolute atomic E-state index is 5.65. The van der Waals surface area contributed by atoms with E-state index in [0.29, 0.717) is 5.88 Å². The second-order valence-electron chi connectivity index (χ2n) is 4.00. The van der Waals surface area contributed by atoms with Gasteiger partial charge in [0.2, 0.25) is 5.88 Å². The van der Waals surface area contributed by atoms with Gasteiger partial charge in [-0.2, -0.15) is 0 Å². The molecule has 0 radical (unpaired) electrons. The number of methoxy groups -OCH3 is 1. The number of rotatable bonds is 7. The normalized spacial score (nSPS) is 10.4. The molecule has 1 rings (SSSR count). The summed E-state index contributed by atoms with van der Waals surface area (Å²) in [6.45, 7) is 2.95. The van der Waals surface area contributed by atoms with Gasteiger partial charge in [-0.05, 0) is 19.8 Å². The van der Waals surface area contributed by atoms with E-state index in [1.54, 1.807) is 7.11 Å². The Labute approximate surface area is 108 Å². The van der Waals surface area contributed by atoms with Crippen molar-refractivity contribution in [2.75, 3.05) is 31.5 Å². The Balaban J connectivity index is 2.59. The highest BCUT2D eigenvalue weighted by Crippen LogP contribution is 2.22. The molecule has 96 valence electrons. The minimum Gasteiger partial charge on any atom is -0.481 e. The number of hydrogen-bond donors (Lipinski definition) is 0. The van der Waals surface area contributed by atoms with E-state index >= 15 is 0 Å². The standard InChI is InChI=1S/C12H20ClN3O/c1-10-11(14-9-15-12(10)17-3)16(2)8-6-4-5-7-13/h9H,4-8H2,1-3H3. The zero-order chi connectivity index (χ0) is 12.7. The SMILES string of the molecule is COc1ncnc(N(C)CCCCCCl)c1C. The van der Waals surface area contributed by atoms with Crippen LogP contribution in [0.5, 0.6) is 5.88 Å². The fourth-order valence-corrected chi connectivity index (χ4v) is 1.93. The van der Waals surface area contributed by atoms with Crippen LogP contribution in [0.2, 0.25) is 0 Å². The molecule has 0 saturated heterocycles. The monoisotopic (exact) mass is 257 g/mol. The predicted octanol–water partition coefficient (Wildman–Crippen LogP) is 2.64. The molecule has 17 heavy (non-hydrogen) atoms. The highest BCUT2D eigenvalue weighted by molar-refractivity contribution is 6.17. The zero-order valence-corrected chi connectivity index (χ0v) is 11.5. The summed E-state index contributed by atoms with van der Waals surface area (Å²) in [4.78, 5) is 10.5. The van der Waals surface area contributed by atoms with Crippen molar-refractivity contribution >= 4 is 17.4 Å². The Morgan fingerprint density at radius 3 is 2.71 bits per heavy atom. The summed E-state index contributed by atoms with van der Waals surface area (Å²) in [7, 11) is 3.66. The van der Waals surface area contributed by atoms with Crippen molar-refractivity contribution in [1.29, 1.82) is 0 Å². The molecule has 1 heterocycles. The third kappa shape index (κ3) is 4.04. The van der Waals surface area contributed by atoms with Gasteiger partial charge in [0, 0.05) is 19.5 Å². The Morgan fingerprint density at radius 2 is 2.06 bits per heavy atom. The van der Waals surface area contributed by atoms with Crippen LogP contribution in [0.25, 0.3) is 0 Å². The molecule has 0 unspecified atom stereocenters. The van der Waals surface area contributed by atoms with E-state index in [4.69, 9.17) is 16.3 Å². The van der Waals surface area contributed by atoms with E-state index in [2.05, 4.69) is 14.9 Å². The summed E-state index contributed by atoms with van der Waals surface area (Å²) in [6, 6.07) is 0. The van der Waals surface area contributed by atoms with Gasteiger partial charge < -0.3 is 9.64 Å². The summed E-state index contributed by atoms with van der Waals surface area (Å²) in [5.74, 6) is 2.31. The molecule has 4 nitrogen and oxygen atoms in total.